The molecule has 0 saturated heterocycles. The number of alkyl halides is 3. The lowest BCUT2D eigenvalue weighted by Crippen LogP contribution is -2.33. The molecule has 0 fully saturated rings. The minimum Gasteiger partial charge on any atom is -0.343 e. The van der Waals surface area contributed by atoms with Gasteiger partial charge in [-0.25, -0.2) is 0 Å². The second kappa shape index (κ2) is 6.65. The highest BCUT2D eigenvalue weighted by Gasteiger charge is 2.35. The molecule has 23 heavy (non-hydrogen) atoms. The van der Waals surface area contributed by atoms with Crippen molar-refractivity contribution in [1.29, 1.82) is 0 Å². The average molecular weight is 348 g/mol. The van der Waals surface area contributed by atoms with Gasteiger partial charge < -0.3 is 5.32 Å². The van der Waals surface area contributed by atoms with Crippen LogP contribution >= 0.6 is 11.6 Å². The molecular formula is C12H9ClF3N5O2. The number of hydrogen-bond acceptors (Lipinski definition) is 4. The lowest BCUT2D eigenvalue weighted by atomic mass is 10.2. The molecule has 2 amide bonds. The zero-order chi connectivity index (χ0) is 17.0. The van der Waals surface area contributed by atoms with E-state index in [1.807, 2.05) is 5.32 Å². The molecule has 1 aromatic heterocycles. The zero-order valence-electron chi connectivity index (χ0n) is 11.2. The first-order valence-electron chi connectivity index (χ1n) is 6.09. The molecular weight excluding hydrogens is 339 g/mol. The summed E-state index contributed by atoms with van der Waals surface area (Å²) >= 11 is 5.73. The maximum absolute atomic E-state index is 12.3. The second-order valence-corrected chi connectivity index (χ2v) is 4.68. The smallest absolute Gasteiger partial charge is 0.343 e. The van der Waals surface area contributed by atoms with Gasteiger partial charge in [0.05, 0.1) is 6.54 Å². The van der Waals surface area contributed by atoms with Crippen molar-refractivity contribution in [2.75, 3.05) is 11.9 Å². The molecule has 2 aromatic rings. The fourth-order valence-corrected chi connectivity index (χ4v) is 1.70. The number of H-pyrrole nitrogens is 1. The third kappa shape index (κ3) is 4.68. The predicted octanol–water partition coefficient (Wildman–Crippen LogP) is 1.85. The molecule has 0 aliphatic heterocycles. The average Bonchev–Trinajstić information content (AvgIpc) is 2.93. The van der Waals surface area contributed by atoms with Crippen LogP contribution in [0.4, 0.5) is 19.1 Å². The van der Waals surface area contributed by atoms with E-state index in [-0.39, 0.29) is 5.56 Å². The Morgan fingerprint density at radius 1 is 1.30 bits per heavy atom. The largest absolute Gasteiger partial charge is 0.451 e. The molecule has 2 rings (SSSR count). The van der Waals surface area contributed by atoms with Gasteiger partial charge in [-0.1, -0.05) is 17.7 Å². The van der Waals surface area contributed by atoms with Crippen LogP contribution in [0.5, 0.6) is 0 Å². The van der Waals surface area contributed by atoms with Crippen molar-refractivity contribution in [3.63, 3.8) is 0 Å². The summed E-state index contributed by atoms with van der Waals surface area (Å²) < 4.78 is 36.9. The van der Waals surface area contributed by atoms with Crippen LogP contribution in [0.2, 0.25) is 5.02 Å². The van der Waals surface area contributed by atoms with E-state index in [1.165, 1.54) is 12.1 Å². The number of halogens is 4. The highest BCUT2D eigenvalue weighted by Crippen LogP contribution is 2.26. The topological polar surface area (TPSA) is 99.8 Å². The number of nitrogens with one attached hydrogen (secondary N) is 3. The summed E-state index contributed by atoms with van der Waals surface area (Å²) in [5.74, 6) is -3.23. The van der Waals surface area contributed by atoms with Gasteiger partial charge in [-0.15, -0.1) is 5.10 Å². The predicted molar refractivity (Wildman–Crippen MR) is 73.8 cm³/mol. The van der Waals surface area contributed by atoms with Crippen molar-refractivity contribution < 1.29 is 22.8 Å². The molecule has 0 aliphatic rings. The number of aromatic amines is 1. The lowest BCUT2D eigenvalue weighted by Gasteiger charge is -2.05. The quantitative estimate of drug-likeness (QED) is 0.785. The van der Waals surface area contributed by atoms with Crippen LogP contribution in [0.1, 0.15) is 16.2 Å². The van der Waals surface area contributed by atoms with Crippen LogP contribution in [0.25, 0.3) is 0 Å². The fraction of sp³-hybridized carbons (Fsp3) is 0.167. The van der Waals surface area contributed by atoms with Gasteiger partial charge in [-0.05, 0) is 18.2 Å². The highest BCUT2D eigenvalue weighted by molar-refractivity contribution is 6.31. The number of carbonyl (C=O) groups excluding carboxylic acids is 2. The number of hydrogen-bond donors (Lipinski definition) is 3. The Morgan fingerprint density at radius 3 is 2.65 bits per heavy atom. The van der Waals surface area contributed by atoms with Crippen molar-refractivity contribution in [1.82, 2.24) is 20.5 Å². The Balaban J connectivity index is 1.88. The molecule has 0 unspecified atom stereocenters. The first kappa shape index (κ1) is 16.7. The lowest BCUT2D eigenvalue weighted by molar-refractivity contribution is -0.144. The maximum atomic E-state index is 12.3. The summed E-state index contributed by atoms with van der Waals surface area (Å²) in [5.41, 5.74) is 0.238. The Labute approximate surface area is 132 Å². The number of rotatable bonds is 4. The van der Waals surface area contributed by atoms with E-state index in [2.05, 4.69) is 15.4 Å². The number of anilines is 1. The van der Waals surface area contributed by atoms with Crippen LogP contribution in [-0.4, -0.2) is 33.5 Å². The minimum atomic E-state index is -4.70. The molecule has 0 atom stereocenters. The summed E-state index contributed by atoms with van der Waals surface area (Å²) in [5, 5.41) is 9.50. The molecule has 11 heteroatoms. The van der Waals surface area contributed by atoms with Gasteiger partial charge in [0.25, 0.3) is 5.91 Å². The molecule has 3 N–H and O–H groups in total. The van der Waals surface area contributed by atoms with Crippen molar-refractivity contribution >= 4 is 29.4 Å². The number of aromatic nitrogens is 3. The van der Waals surface area contributed by atoms with E-state index in [9.17, 15) is 22.8 Å². The number of nitrogens with zero attached hydrogens (tertiary/aromatic N) is 2. The number of benzene rings is 1. The Bertz CT molecular complexity index is 731. The molecule has 0 bridgehead atoms. The van der Waals surface area contributed by atoms with E-state index < -0.39 is 36.3 Å². The fourth-order valence-electron chi connectivity index (χ4n) is 1.51. The van der Waals surface area contributed by atoms with Crippen molar-refractivity contribution in [3.8, 4) is 0 Å². The van der Waals surface area contributed by atoms with Crippen LogP contribution in [-0.2, 0) is 11.0 Å². The maximum Gasteiger partial charge on any atom is 0.451 e. The Morgan fingerprint density at radius 2 is 2.04 bits per heavy atom. The van der Waals surface area contributed by atoms with Gasteiger partial charge in [-0.3, -0.25) is 20.0 Å². The Hall–Kier alpha value is -2.62. The zero-order valence-corrected chi connectivity index (χ0v) is 12.0. The second-order valence-electron chi connectivity index (χ2n) is 4.25. The monoisotopic (exact) mass is 347 g/mol. The van der Waals surface area contributed by atoms with E-state index in [1.54, 1.807) is 17.2 Å². The van der Waals surface area contributed by atoms with E-state index in [4.69, 9.17) is 11.6 Å². The standard InChI is InChI=1S/C12H9ClF3N5O2/c13-7-3-1-2-6(4-7)9(23)17-5-8(22)18-11-19-10(20-21-11)12(14,15)16/h1-4H,5H2,(H,17,23)(H2,18,19,20,21,22). The van der Waals surface area contributed by atoms with Gasteiger partial charge in [0.2, 0.25) is 17.7 Å². The van der Waals surface area contributed by atoms with Crippen molar-refractivity contribution in [2.45, 2.75) is 6.18 Å². The number of amides is 2. The van der Waals surface area contributed by atoms with Crippen LogP contribution in [0.15, 0.2) is 24.3 Å². The highest BCUT2D eigenvalue weighted by atomic mass is 35.5. The van der Waals surface area contributed by atoms with Gasteiger partial charge >= 0.3 is 6.18 Å². The molecule has 0 aliphatic carbocycles. The van der Waals surface area contributed by atoms with Crippen molar-refractivity contribution in [3.05, 3.63) is 40.7 Å². The van der Waals surface area contributed by atoms with Gasteiger partial charge in [-0.2, -0.15) is 18.2 Å². The summed E-state index contributed by atoms with van der Waals surface area (Å²) in [6, 6.07) is 6.03. The first-order valence-corrected chi connectivity index (χ1v) is 6.47. The molecule has 7 nitrogen and oxygen atoms in total. The third-order valence-electron chi connectivity index (χ3n) is 2.50. The normalized spacial score (nSPS) is 11.1. The molecule has 0 saturated carbocycles. The van der Waals surface area contributed by atoms with E-state index >= 15 is 0 Å². The molecule has 1 heterocycles. The Kier molecular flexibility index (Phi) is 4.84. The first-order chi connectivity index (χ1) is 10.8. The number of carbonyl (C=O) groups is 2. The van der Waals surface area contributed by atoms with Gasteiger partial charge in [0.1, 0.15) is 0 Å². The SMILES string of the molecule is O=C(CNC(=O)c1cccc(Cl)c1)Nc1n[nH]c(C(F)(F)F)n1. The summed E-state index contributed by atoms with van der Waals surface area (Å²) in [7, 11) is 0. The van der Waals surface area contributed by atoms with Gasteiger partial charge in [0, 0.05) is 10.6 Å². The van der Waals surface area contributed by atoms with Crippen LogP contribution in [0.3, 0.4) is 0 Å². The molecule has 122 valence electrons. The van der Waals surface area contributed by atoms with Crippen LogP contribution in [0, 0.1) is 0 Å². The van der Waals surface area contributed by atoms with E-state index in [0.29, 0.717) is 5.02 Å². The molecule has 1 aromatic carbocycles. The van der Waals surface area contributed by atoms with Crippen molar-refractivity contribution in [2.24, 2.45) is 0 Å². The minimum absolute atomic E-state index is 0.238. The molecule has 0 radical (unpaired) electrons. The summed E-state index contributed by atoms with van der Waals surface area (Å²) in [4.78, 5) is 26.4. The van der Waals surface area contributed by atoms with E-state index in [0.717, 1.165) is 0 Å². The molecule has 0 spiro atoms. The third-order valence-corrected chi connectivity index (χ3v) is 2.74. The summed E-state index contributed by atoms with van der Waals surface area (Å²) in [6.07, 6.45) is -4.70. The van der Waals surface area contributed by atoms with Gasteiger partial charge in [0.15, 0.2) is 0 Å². The summed E-state index contributed by atoms with van der Waals surface area (Å²) in [6.45, 7) is -0.471. The van der Waals surface area contributed by atoms with Crippen LogP contribution < -0.4 is 10.6 Å².